The minimum absolute atomic E-state index is 0.311. The van der Waals surface area contributed by atoms with Crippen molar-refractivity contribution in [2.45, 2.75) is 18.6 Å². The first-order valence-electron chi connectivity index (χ1n) is 6.12. The highest BCUT2D eigenvalue weighted by molar-refractivity contribution is 7.99. The Kier molecular flexibility index (Phi) is 5.50. The summed E-state index contributed by atoms with van der Waals surface area (Å²) in [6.07, 6.45) is 0.527. The second kappa shape index (κ2) is 7.15. The first-order chi connectivity index (χ1) is 9.97. The third kappa shape index (κ3) is 4.36. The fourth-order valence-corrected chi connectivity index (χ4v) is 2.86. The maximum absolute atomic E-state index is 10.7. The number of thioether (sulfide) groups is 1. The van der Waals surface area contributed by atoms with Crippen molar-refractivity contribution in [1.29, 1.82) is 0 Å². The van der Waals surface area contributed by atoms with Crippen molar-refractivity contribution in [2.24, 2.45) is 5.92 Å². The molecule has 1 N–H and O–H groups in total. The van der Waals surface area contributed by atoms with Crippen molar-refractivity contribution >= 4 is 40.9 Å². The van der Waals surface area contributed by atoms with Crippen molar-refractivity contribution < 1.29 is 14.3 Å². The maximum Gasteiger partial charge on any atom is 0.306 e. The largest absolute Gasteiger partial charge is 0.481 e. The summed E-state index contributed by atoms with van der Waals surface area (Å²) in [5.41, 5.74) is 0.610. The number of benzene rings is 1. The van der Waals surface area contributed by atoms with Crippen LogP contribution in [0.4, 0.5) is 0 Å². The zero-order chi connectivity index (χ0) is 15.4. The van der Waals surface area contributed by atoms with Gasteiger partial charge in [0.1, 0.15) is 0 Å². The molecular weight excluding hydrogens is 335 g/mol. The van der Waals surface area contributed by atoms with E-state index in [9.17, 15) is 4.79 Å². The van der Waals surface area contributed by atoms with Gasteiger partial charge in [-0.2, -0.15) is 0 Å². The first kappa shape index (κ1) is 16.1. The van der Waals surface area contributed by atoms with Gasteiger partial charge in [0.15, 0.2) is 0 Å². The van der Waals surface area contributed by atoms with E-state index in [1.165, 1.54) is 11.8 Å². The summed E-state index contributed by atoms with van der Waals surface area (Å²) in [6, 6.07) is 5.00. The molecule has 1 aromatic heterocycles. The lowest BCUT2D eigenvalue weighted by Gasteiger charge is -2.03. The fraction of sp³-hybridized carbons (Fsp3) is 0.308. The third-order valence-electron chi connectivity index (χ3n) is 2.77. The summed E-state index contributed by atoms with van der Waals surface area (Å²) >= 11 is 13.2. The number of carbonyl (C=O) groups is 1. The van der Waals surface area contributed by atoms with E-state index in [1.54, 1.807) is 25.1 Å². The molecule has 112 valence electrons. The number of hydrogen-bond acceptors (Lipinski definition) is 5. The van der Waals surface area contributed by atoms with Crippen LogP contribution in [0.5, 0.6) is 0 Å². The molecule has 1 aromatic carbocycles. The molecule has 0 fully saturated rings. The van der Waals surface area contributed by atoms with Crippen molar-refractivity contribution in [3.8, 4) is 11.5 Å². The van der Waals surface area contributed by atoms with Crippen LogP contribution in [0.1, 0.15) is 13.3 Å². The number of aliphatic carboxylic acids is 1. The van der Waals surface area contributed by atoms with E-state index in [2.05, 4.69) is 10.2 Å². The van der Waals surface area contributed by atoms with Gasteiger partial charge in [-0.15, -0.1) is 10.2 Å². The second-order valence-electron chi connectivity index (χ2n) is 4.37. The summed E-state index contributed by atoms with van der Waals surface area (Å²) in [7, 11) is 0. The molecule has 2 aromatic rings. The van der Waals surface area contributed by atoms with Gasteiger partial charge < -0.3 is 9.52 Å². The van der Waals surface area contributed by atoms with Gasteiger partial charge >= 0.3 is 5.97 Å². The molecule has 21 heavy (non-hydrogen) atoms. The molecule has 0 aliphatic carbocycles. The average Bonchev–Trinajstić information content (AvgIpc) is 2.87. The smallest absolute Gasteiger partial charge is 0.306 e. The van der Waals surface area contributed by atoms with Crippen molar-refractivity contribution in [3.63, 3.8) is 0 Å². The molecule has 0 amide bonds. The summed E-state index contributed by atoms with van der Waals surface area (Å²) in [4.78, 5) is 10.7. The molecule has 0 aliphatic rings. The molecule has 1 atom stereocenters. The molecule has 1 heterocycles. The third-order valence-corrected chi connectivity index (χ3v) is 4.17. The summed E-state index contributed by atoms with van der Waals surface area (Å²) in [5, 5.41) is 18.0. The van der Waals surface area contributed by atoms with E-state index >= 15 is 0 Å². The fourth-order valence-electron chi connectivity index (χ4n) is 1.49. The number of carboxylic acid groups (broad SMARTS) is 1. The normalized spacial score (nSPS) is 12.3. The predicted octanol–water partition coefficient (Wildman–Crippen LogP) is 4.25. The van der Waals surface area contributed by atoms with Crippen LogP contribution < -0.4 is 0 Å². The zero-order valence-corrected chi connectivity index (χ0v) is 13.4. The van der Waals surface area contributed by atoms with E-state index in [1.807, 2.05) is 0 Å². The Morgan fingerprint density at radius 3 is 2.86 bits per heavy atom. The Morgan fingerprint density at radius 2 is 2.19 bits per heavy atom. The second-order valence-corrected chi connectivity index (χ2v) is 6.26. The van der Waals surface area contributed by atoms with Crippen molar-refractivity contribution in [3.05, 3.63) is 28.2 Å². The Hall–Kier alpha value is -1.24. The molecule has 0 aliphatic heterocycles. The number of hydrogen-bond donors (Lipinski definition) is 1. The minimum atomic E-state index is -0.810. The lowest BCUT2D eigenvalue weighted by atomic mass is 10.1. The van der Waals surface area contributed by atoms with Gasteiger partial charge in [-0.1, -0.05) is 41.9 Å². The van der Waals surface area contributed by atoms with Crippen LogP contribution >= 0.6 is 35.0 Å². The molecule has 0 bridgehead atoms. The molecule has 0 spiro atoms. The highest BCUT2D eigenvalue weighted by atomic mass is 35.5. The van der Waals surface area contributed by atoms with Crippen LogP contribution in [-0.2, 0) is 4.79 Å². The summed E-state index contributed by atoms with van der Waals surface area (Å²) in [5.74, 6) is -0.311. The minimum Gasteiger partial charge on any atom is -0.481 e. The summed E-state index contributed by atoms with van der Waals surface area (Å²) < 4.78 is 5.50. The predicted molar refractivity (Wildman–Crippen MR) is 81.9 cm³/mol. The van der Waals surface area contributed by atoms with Crippen LogP contribution in [0, 0.1) is 5.92 Å². The van der Waals surface area contributed by atoms with E-state index in [4.69, 9.17) is 32.7 Å². The van der Waals surface area contributed by atoms with Gasteiger partial charge in [0.2, 0.25) is 5.89 Å². The van der Waals surface area contributed by atoms with E-state index in [0.717, 1.165) is 0 Å². The van der Waals surface area contributed by atoms with E-state index in [-0.39, 0.29) is 0 Å². The highest BCUT2D eigenvalue weighted by Gasteiger charge is 2.14. The summed E-state index contributed by atoms with van der Waals surface area (Å²) in [6.45, 7) is 1.66. The Bertz CT molecular complexity index is 648. The molecule has 0 saturated heterocycles. The van der Waals surface area contributed by atoms with E-state index in [0.29, 0.717) is 38.9 Å². The molecule has 5 nitrogen and oxygen atoms in total. The van der Waals surface area contributed by atoms with E-state index < -0.39 is 11.9 Å². The van der Waals surface area contributed by atoms with Crippen LogP contribution in [0.25, 0.3) is 11.5 Å². The van der Waals surface area contributed by atoms with Crippen molar-refractivity contribution in [1.82, 2.24) is 10.2 Å². The number of aromatic nitrogens is 2. The van der Waals surface area contributed by atoms with Gasteiger partial charge in [0, 0.05) is 10.8 Å². The quantitative estimate of drug-likeness (QED) is 0.788. The lowest BCUT2D eigenvalue weighted by Crippen LogP contribution is -2.09. The standard InChI is InChI=1S/C13H12Cl2N2O3S/c1-7(12(18)19)4-5-21-13-17-16-11(20-13)9-3-2-8(14)6-10(9)15/h2-3,6-7H,4-5H2,1H3,(H,18,19). The lowest BCUT2D eigenvalue weighted by molar-refractivity contribution is -0.141. The van der Waals surface area contributed by atoms with Crippen molar-refractivity contribution in [2.75, 3.05) is 5.75 Å². The van der Waals surface area contributed by atoms with Gasteiger partial charge in [0.25, 0.3) is 5.22 Å². The number of carboxylic acids is 1. The molecule has 0 radical (unpaired) electrons. The van der Waals surface area contributed by atoms with Crippen LogP contribution in [-0.4, -0.2) is 27.0 Å². The number of halogens is 2. The van der Waals surface area contributed by atoms with Gasteiger partial charge in [-0.05, 0) is 24.6 Å². The first-order valence-corrected chi connectivity index (χ1v) is 7.86. The van der Waals surface area contributed by atoms with Gasteiger partial charge in [0.05, 0.1) is 16.5 Å². The number of nitrogens with zero attached hydrogens (tertiary/aromatic N) is 2. The van der Waals surface area contributed by atoms with Gasteiger partial charge in [-0.3, -0.25) is 4.79 Å². The Balaban J connectivity index is 2.00. The molecule has 2 rings (SSSR count). The zero-order valence-electron chi connectivity index (χ0n) is 11.0. The molecule has 8 heteroatoms. The molecular formula is C13H12Cl2N2O3S. The molecule has 0 saturated carbocycles. The Labute approximate surface area is 135 Å². The number of rotatable bonds is 6. The topological polar surface area (TPSA) is 76.2 Å². The molecule has 1 unspecified atom stereocenters. The maximum atomic E-state index is 10.7. The SMILES string of the molecule is CC(CCSc1nnc(-c2ccc(Cl)cc2Cl)o1)C(=O)O. The van der Waals surface area contributed by atoms with Crippen LogP contribution in [0.3, 0.4) is 0 Å². The van der Waals surface area contributed by atoms with Crippen LogP contribution in [0.15, 0.2) is 27.8 Å². The van der Waals surface area contributed by atoms with Gasteiger partial charge in [-0.25, -0.2) is 0 Å². The highest BCUT2D eigenvalue weighted by Crippen LogP contribution is 2.31. The monoisotopic (exact) mass is 346 g/mol. The Morgan fingerprint density at radius 1 is 1.43 bits per heavy atom. The average molecular weight is 347 g/mol. The van der Waals surface area contributed by atoms with Crippen LogP contribution in [0.2, 0.25) is 10.0 Å².